The van der Waals surface area contributed by atoms with E-state index in [1.165, 1.54) is 0 Å². The van der Waals surface area contributed by atoms with Crippen LogP contribution in [0.15, 0.2) is 16.6 Å². The molecule has 1 aromatic rings. The standard InChI is InChI=1S/C14H14BrF2NO3/c15-10-5-7(16)6-11(17)12(10)18-13(19)8-3-1-2-4-9(8)14(20)21/h5-6,8-9H,1-4H2,(H,18,19)(H,20,21)/t8-,9+/m1/s1. The first kappa shape index (κ1) is 15.9. The summed E-state index contributed by atoms with van der Waals surface area (Å²) >= 11 is 2.98. The molecule has 1 aromatic carbocycles. The van der Waals surface area contributed by atoms with Gasteiger partial charge in [-0.25, -0.2) is 8.78 Å². The number of carboxylic acid groups (broad SMARTS) is 1. The summed E-state index contributed by atoms with van der Waals surface area (Å²) in [6.07, 6.45) is 2.40. The van der Waals surface area contributed by atoms with Crippen LogP contribution in [0.1, 0.15) is 25.7 Å². The molecule has 2 N–H and O–H groups in total. The Hall–Kier alpha value is -1.50. The lowest BCUT2D eigenvalue weighted by Gasteiger charge is -2.27. The van der Waals surface area contributed by atoms with Crippen molar-refractivity contribution in [1.82, 2.24) is 0 Å². The number of amides is 1. The third-order valence-electron chi connectivity index (χ3n) is 3.68. The third-order valence-corrected chi connectivity index (χ3v) is 4.30. The number of aliphatic carboxylic acids is 1. The van der Waals surface area contributed by atoms with Gasteiger partial charge in [-0.2, -0.15) is 0 Å². The summed E-state index contributed by atoms with van der Waals surface area (Å²) < 4.78 is 26.8. The molecule has 21 heavy (non-hydrogen) atoms. The average Bonchev–Trinajstić information content (AvgIpc) is 2.42. The highest BCUT2D eigenvalue weighted by atomic mass is 79.9. The molecule has 1 amide bonds. The van der Waals surface area contributed by atoms with Crippen molar-refractivity contribution in [3.8, 4) is 0 Å². The summed E-state index contributed by atoms with van der Waals surface area (Å²) in [5, 5.41) is 11.5. The van der Waals surface area contributed by atoms with E-state index in [9.17, 15) is 18.4 Å². The zero-order chi connectivity index (χ0) is 15.6. The van der Waals surface area contributed by atoms with Crippen LogP contribution < -0.4 is 5.32 Å². The molecule has 114 valence electrons. The molecule has 0 spiro atoms. The van der Waals surface area contributed by atoms with Crippen LogP contribution in [0.2, 0.25) is 0 Å². The van der Waals surface area contributed by atoms with Crippen molar-refractivity contribution >= 4 is 33.5 Å². The lowest BCUT2D eigenvalue weighted by atomic mass is 9.78. The molecular weight excluding hydrogens is 348 g/mol. The summed E-state index contributed by atoms with van der Waals surface area (Å²) in [7, 11) is 0. The van der Waals surface area contributed by atoms with Gasteiger partial charge in [0.2, 0.25) is 5.91 Å². The molecule has 0 radical (unpaired) electrons. The highest BCUT2D eigenvalue weighted by Gasteiger charge is 2.36. The van der Waals surface area contributed by atoms with Gasteiger partial charge in [-0.1, -0.05) is 12.8 Å². The van der Waals surface area contributed by atoms with Crippen LogP contribution in [-0.2, 0) is 9.59 Å². The van der Waals surface area contributed by atoms with Gasteiger partial charge in [-0.3, -0.25) is 9.59 Å². The first-order valence-corrected chi connectivity index (χ1v) is 7.37. The zero-order valence-electron chi connectivity index (χ0n) is 11.0. The maximum Gasteiger partial charge on any atom is 0.307 e. The first-order valence-electron chi connectivity index (χ1n) is 6.58. The number of hydrogen-bond acceptors (Lipinski definition) is 2. The highest BCUT2D eigenvalue weighted by molar-refractivity contribution is 9.10. The molecule has 1 aliphatic rings. The first-order chi connectivity index (χ1) is 9.90. The van der Waals surface area contributed by atoms with Crippen molar-refractivity contribution in [2.24, 2.45) is 11.8 Å². The van der Waals surface area contributed by atoms with E-state index in [0.29, 0.717) is 18.9 Å². The topological polar surface area (TPSA) is 66.4 Å². The fourth-order valence-electron chi connectivity index (χ4n) is 2.62. The minimum Gasteiger partial charge on any atom is -0.481 e. The van der Waals surface area contributed by atoms with Crippen molar-refractivity contribution in [1.29, 1.82) is 0 Å². The van der Waals surface area contributed by atoms with Gasteiger partial charge in [0.1, 0.15) is 5.82 Å². The quantitative estimate of drug-likeness (QED) is 0.864. The second-order valence-corrected chi connectivity index (χ2v) is 5.92. The Labute approximate surface area is 128 Å². The average molecular weight is 362 g/mol. The predicted molar refractivity (Wildman–Crippen MR) is 75.8 cm³/mol. The fraction of sp³-hybridized carbons (Fsp3) is 0.429. The van der Waals surface area contributed by atoms with Gasteiger partial charge in [0.15, 0.2) is 5.82 Å². The molecule has 0 heterocycles. The summed E-state index contributed by atoms with van der Waals surface area (Å²) in [6.45, 7) is 0. The van der Waals surface area contributed by atoms with Crippen molar-refractivity contribution in [2.45, 2.75) is 25.7 Å². The van der Waals surface area contributed by atoms with Crippen molar-refractivity contribution in [3.05, 3.63) is 28.2 Å². The van der Waals surface area contributed by atoms with E-state index >= 15 is 0 Å². The number of carboxylic acids is 1. The minimum absolute atomic E-state index is 0.0797. The summed E-state index contributed by atoms with van der Waals surface area (Å²) in [4.78, 5) is 23.4. The van der Waals surface area contributed by atoms with Crippen LogP contribution in [0.25, 0.3) is 0 Å². The Morgan fingerprint density at radius 2 is 1.81 bits per heavy atom. The molecule has 1 saturated carbocycles. The predicted octanol–water partition coefficient (Wildman–Crippen LogP) is 3.56. The van der Waals surface area contributed by atoms with E-state index in [1.54, 1.807) is 0 Å². The van der Waals surface area contributed by atoms with E-state index < -0.39 is 35.3 Å². The molecule has 1 aliphatic carbocycles. The van der Waals surface area contributed by atoms with Crippen LogP contribution in [0.4, 0.5) is 14.5 Å². The SMILES string of the molecule is O=C(O)[C@H]1CCCC[C@H]1C(=O)Nc1c(F)cc(F)cc1Br. The number of rotatable bonds is 3. The number of carbonyl (C=O) groups is 2. The summed E-state index contributed by atoms with van der Waals surface area (Å²) in [6, 6.07) is 1.70. The Bertz CT molecular complexity index is 556. The fourth-order valence-corrected chi connectivity index (χ4v) is 3.12. The monoisotopic (exact) mass is 361 g/mol. The van der Waals surface area contributed by atoms with E-state index in [2.05, 4.69) is 21.2 Å². The number of carbonyl (C=O) groups excluding carboxylic acids is 1. The van der Waals surface area contributed by atoms with Gasteiger partial charge < -0.3 is 10.4 Å². The van der Waals surface area contributed by atoms with Gasteiger partial charge in [0.25, 0.3) is 0 Å². The Kier molecular flexibility index (Phi) is 4.92. The van der Waals surface area contributed by atoms with E-state index in [-0.39, 0.29) is 10.2 Å². The summed E-state index contributed by atoms with van der Waals surface area (Å²) in [5.74, 6) is -4.70. The molecular formula is C14H14BrF2NO3. The largest absolute Gasteiger partial charge is 0.481 e. The molecule has 0 unspecified atom stereocenters. The number of halogens is 3. The molecule has 0 aliphatic heterocycles. The molecule has 2 atom stereocenters. The molecule has 0 aromatic heterocycles. The third kappa shape index (κ3) is 3.58. The molecule has 2 rings (SSSR count). The highest BCUT2D eigenvalue weighted by Crippen LogP contribution is 2.33. The molecule has 0 saturated heterocycles. The number of benzene rings is 1. The number of anilines is 1. The molecule has 1 fully saturated rings. The van der Waals surface area contributed by atoms with Crippen LogP contribution in [-0.4, -0.2) is 17.0 Å². The maximum absolute atomic E-state index is 13.7. The lowest BCUT2D eigenvalue weighted by molar-refractivity contribution is -0.147. The van der Waals surface area contributed by atoms with Gasteiger partial charge in [0, 0.05) is 10.5 Å². The second kappa shape index (κ2) is 6.51. The maximum atomic E-state index is 13.7. The van der Waals surface area contributed by atoms with Crippen LogP contribution in [0, 0.1) is 23.5 Å². The molecule has 0 bridgehead atoms. The number of hydrogen-bond donors (Lipinski definition) is 2. The van der Waals surface area contributed by atoms with Crippen LogP contribution >= 0.6 is 15.9 Å². The minimum atomic E-state index is -1.02. The van der Waals surface area contributed by atoms with Gasteiger partial charge in [-0.15, -0.1) is 0 Å². The van der Waals surface area contributed by atoms with E-state index in [4.69, 9.17) is 5.11 Å². The van der Waals surface area contributed by atoms with Crippen molar-refractivity contribution < 1.29 is 23.5 Å². The Balaban J connectivity index is 2.19. The van der Waals surface area contributed by atoms with Crippen molar-refractivity contribution in [2.75, 3.05) is 5.32 Å². The number of nitrogens with one attached hydrogen (secondary N) is 1. The van der Waals surface area contributed by atoms with E-state index in [1.807, 2.05) is 0 Å². The molecule has 4 nitrogen and oxygen atoms in total. The summed E-state index contributed by atoms with van der Waals surface area (Å²) in [5.41, 5.74) is -0.170. The van der Waals surface area contributed by atoms with Gasteiger partial charge >= 0.3 is 5.97 Å². The van der Waals surface area contributed by atoms with Gasteiger partial charge in [0.05, 0.1) is 17.5 Å². The zero-order valence-corrected chi connectivity index (χ0v) is 12.6. The lowest BCUT2D eigenvalue weighted by Crippen LogP contribution is -2.36. The smallest absolute Gasteiger partial charge is 0.307 e. The Morgan fingerprint density at radius 1 is 1.19 bits per heavy atom. The normalized spacial score (nSPS) is 21.9. The molecule has 7 heteroatoms. The van der Waals surface area contributed by atoms with Crippen molar-refractivity contribution in [3.63, 3.8) is 0 Å². The van der Waals surface area contributed by atoms with Gasteiger partial charge in [-0.05, 0) is 34.8 Å². The second-order valence-electron chi connectivity index (χ2n) is 5.07. The Morgan fingerprint density at radius 3 is 2.38 bits per heavy atom. The van der Waals surface area contributed by atoms with E-state index in [0.717, 1.165) is 18.9 Å². The van der Waals surface area contributed by atoms with Crippen LogP contribution in [0.3, 0.4) is 0 Å². The van der Waals surface area contributed by atoms with Crippen LogP contribution in [0.5, 0.6) is 0 Å².